The minimum Gasteiger partial charge on any atom is -0.389 e. The summed E-state index contributed by atoms with van der Waals surface area (Å²) >= 11 is 11.2. The molecule has 0 atom stereocenters. The monoisotopic (exact) mass is 311 g/mol. The van der Waals surface area contributed by atoms with Crippen LogP contribution in [0.1, 0.15) is 26.3 Å². The van der Waals surface area contributed by atoms with Crippen molar-refractivity contribution >= 4 is 34.5 Å². The average molecular weight is 312 g/mol. The first-order valence-corrected chi connectivity index (χ1v) is 7.67. The van der Waals surface area contributed by atoms with Crippen molar-refractivity contribution in [3.8, 4) is 0 Å². The Bertz CT molecular complexity index is 502. The van der Waals surface area contributed by atoms with Crippen molar-refractivity contribution in [1.29, 1.82) is 0 Å². The summed E-state index contributed by atoms with van der Waals surface area (Å²) in [6, 6.07) is 5.77. The van der Waals surface area contributed by atoms with E-state index in [-0.39, 0.29) is 5.54 Å². The van der Waals surface area contributed by atoms with Crippen LogP contribution >= 0.6 is 23.8 Å². The van der Waals surface area contributed by atoms with E-state index in [1.54, 1.807) is 0 Å². The van der Waals surface area contributed by atoms with Crippen molar-refractivity contribution in [2.75, 3.05) is 31.1 Å². The van der Waals surface area contributed by atoms with E-state index in [1.165, 1.54) is 0 Å². The number of benzene rings is 1. The zero-order valence-corrected chi connectivity index (χ0v) is 13.9. The molecule has 0 bridgehead atoms. The molecule has 2 N–H and O–H groups in total. The van der Waals surface area contributed by atoms with Crippen molar-refractivity contribution in [1.82, 2.24) is 4.90 Å². The summed E-state index contributed by atoms with van der Waals surface area (Å²) in [5.74, 6) is 0. The lowest BCUT2D eigenvalue weighted by Crippen LogP contribution is -2.53. The van der Waals surface area contributed by atoms with E-state index in [0.29, 0.717) is 10.0 Å². The second kappa shape index (κ2) is 5.88. The second-order valence-corrected chi connectivity index (χ2v) is 7.05. The highest BCUT2D eigenvalue weighted by molar-refractivity contribution is 7.80. The summed E-state index contributed by atoms with van der Waals surface area (Å²) in [5.41, 5.74) is 8.01. The van der Waals surface area contributed by atoms with Gasteiger partial charge >= 0.3 is 0 Å². The Morgan fingerprint density at radius 3 is 2.30 bits per heavy atom. The lowest BCUT2D eigenvalue weighted by atomic mass is 10.0. The molecular weight excluding hydrogens is 290 g/mol. The topological polar surface area (TPSA) is 32.5 Å². The van der Waals surface area contributed by atoms with Crippen LogP contribution in [0.15, 0.2) is 18.2 Å². The normalized spacial score (nSPS) is 17.3. The third-order valence-corrected chi connectivity index (χ3v) is 4.25. The second-order valence-electron chi connectivity index (χ2n) is 6.17. The highest BCUT2D eigenvalue weighted by atomic mass is 35.5. The van der Waals surface area contributed by atoms with Gasteiger partial charge in [0.05, 0.1) is 0 Å². The van der Waals surface area contributed by atoms with Gasteiger partial charge in [0.2, 0.25) is 0 Å². The summed E-state index contributed by atoms with van der Waals surface area (Å²) in [5, 5.41) is 0.671. The molecule has 110 valence electrons. The molecule has 1 aliphatic rings. The summed E-state index contributed by atoms with van der Waals surface area (Å²) in [6.45, 7) is 10.8. The Kier molecular flexibility index (Phi) is 4.57. The van der Waals surface area contributed by atoms with Crippen LogP contribution in [-0.4, -0.2) is 41.6 Å². The lowest BCUT2D eigenvalue weighted by Gasteiger charge is -2.43. The van der Waals surface area contributed by atoms with Crippen LogP contribution in [0.5, 0.6) is 0 Å². The van der Waals surface area contributed by atoms with Crippen LogP contribution in [0.25, 0.3) is 0 Å². The van der Waals surface area contributed by atoms with E-state index in [4.69, 9.17) is 29.6 Å². The average Bonchev–Trinajstić information content (AvgIpc) is 2.37. The molecule has 0 radical (unpaired) electrons. The van der Waals surface area contributed by atoms with Gasteiger partial charge in [-0.05, 0) is 39.0 Å². The molecule has 0 aromatic heterocycles. The van der Waals surface area contributed by atoms with Crippen LogP contribution in [-0.2, 0) is 0 Å². The smallest absolute Gasteiger partial charge is 0.106 e. The third-order valence-electron chi connectivity index (χ3n) is 3.79. The zero-order chi connectivity index (χ0) is 14.9. The van der Waals surface area contributed by atoms with Gasteiger partial charge in [-0.3, -0.25) is 4.90 Å². The molecule has 20 heavy (non-hydrogen) atoms. The van der Waals surface area contributed by atoms with Crippen molar-refractivity contribution in [2.45, 2.75) is 26.3 Å². The largest absolute Gasteiger partial charge is 0.389 e. The van der Waals surface area contributed by atoms with Gasteiger partial charge in [0.15, 0.2) is 0 Å². The fourth-order valence-corrected chi connectivity index (χ4v) is 2.94. The number of piperazine rings is 1. The van der Waals surface area contributed by atoms with Crippen molar-refractivity contribution in [2.24, 2.45) is 5.73 Å². The minimum absolute atomic E-state index is 0.220. The Labute approximate surface area is 131 Å². The van der Waals surface area contributed by atoms with Crippen molar-refractivity contribution in [3.05, 3.63) is 28.8 Å². The number of nitrogens with two attached hydrogens (primary N) is 1. The van der Waals surface area contributed by atoms with Crippen LogP contribution in [0.3, 0.4) is 0 Å². The maximum atomic E-state index is 6.04. The van der Waals surface area contributed by atoms with Gasteiger partial charge in [0, 0.05) is 48.0 Å². The van der Waals surface area contributed by atoms with Crippen LogP contribution < -0.4 is 10.6 Å². The first-order valence-electron chi connectivity index (χ1n) is 6.88. The SMILES string of the molecule is CC(C)(C)N1CCN(c2ccc(Cl)cc2C(N)=S)CC1. The highest BCUT2D eigenvalue weighted by Gasteiger charge is 2.26. The van der Waals surface area contributed by atoms with E-state index >= 15 is 0 Å². The Morgan fingerprint density at radius 1 is 1.20 bits per heavy atom. The Morgan fingerprint density at radius 2 is 1.80 bits per heavy atom. The fourth-order valence-electron chi connectivity index (χ4n) is 2.60. The van der Waals surface area contributed by atoms with E-state index in [2.05, 4.69) is 30.6 Å². The molecule has 2 rings (SSSR count). The molecule has 1 aromatic rings. The fraction of sp³-hybridized carbons (Fsp3) is 0.533. The molecule has 1 fully saturated rings. The van der Waals surface area contributed by atoms with Gasteiger partial charge in [-0.25, -0.2) is 0 Å². The standard InChI is InChI=1S/C15H22ClN3S/c1-15(2,3)19-8-6-18(7-9-19)13-5-4-11(16)10-12(13)14(17)20/h4-5,10H,6-9H2,1-3H3,(H2,17,20). The summed E-state index contributed by atoms with van der Waals surface area (Å²) in [7, 11) is 0. The Balaban J connectivity index is 2.17. The predicted octanol–water partition coefficient (Wildman–Crippen LogP) is 2.89. The van der Waals surface area contributed by atoms with E-state index in [1.807, 2.05) is 18.2 Å². The molecule has 0 unspecified atom stereocenters. The van der Waals surface area contributed by atoms with Gasteiger partial charge in [0.25, 0.3) is 0 Å². The molecule has 1 saturated heterocycles. The molecule has 0 amide bonds. The number of hydrogen-bond acceptors (Lipinski definition) is 3. The first-order chi connectivity index (χ1) is 9.29. The van der Waals surface area contributed by atoms with E-state index in [9.17, 15) is 0 Å². The van der Waals surface area contributed by atoms with Gasteiger partial charge in [-0.15, -0.1) is 0 Å². The van der Waals surface area contributed by atoms with Gasteiger partial charge in [-0.2, -0.15) is 0 Å². The van der Waals surface area contributed by atoms with E-state index in [0.717, 1.165) is 37.4 Å². The summed E-state index contributed by atoms with van der Waals surface area (Å²) in [4.78, 5) is 5.24. The number of rotatable bonds is 2. The number of nitrogens with zero attached hydrogens (tertiary/aromatic N) is 2. The molecule has 0 saturated carbocycles. The predicted molar refractivity (Wildman–Crippen MR) is 90.9 cm³/mol. The van der Waals surface area contributed by atoms with Crippen molar-refractivity contribution in [3.63, 3.8) is 0 Å². The minimum atomic E-state index is 0.220. The van der Waals surface area contributed by atoms with Gasteiger partial charge in [0.1, 0.15) is 4.99 Å². The van der Waals surface area contributed by atoms with Crippen molar-refractivity contribution < 1.29 is 0 Å². The maximum Gasteiger partial charge on any atom is 0.106 e. The van der Waals surface area contributed by atoms with Crippen LogP contribution in [0, 0.1) is 0 Å². The molecule has 5 heteroatoms. The molecule has 0 spiro atoms. The Hall–Kier alpha value is -0.840. The van der Waals surface area contributed by atoms with Crippen LogP contribution in [0.2, 0.25) is 5.02 Å². The number of halogens is 1. The molecule has 1 heterocycles. The molecular formula is C15H22ClN3S. The highest BCUT2D eigenvalue weighted by Crippen LogP contribution is 2.26. The summed E-state index contributed by atoms with van der Waals surface area (Å²) < 4.78 is 0. The van der Waals surface area contributed by atoms with Gasteiger partial charge in [-0.1, -0.05) is 23.8 Å². The quantitative estimate of drug-likeness (QED) is 0.851. The number of anilines is 1. The molecule has 1 aliphatic heterocycles. The maximum absolute atomic E-state index is 6.04. The first kappa shape index (κ1) is 15.5. The van der Waals surface area contributed by atoms with Crippen LogP contribution in [0.4, 0.5) is 5.69 Å². The zero-order valence-electron chi connectivity index (χ0n) is 12.3. The molecule has 1 aromatic carbocycles. The summed E-state index contributed by atoms with van der Waals surface area (Å²) in [6.07, 6.45) is 0. The van der Waals surface area contributed by atoms with E-state index < -0.39 is 0 Å². The molecule has 0 aliphatic carbocycles. The lowest BCUT2D eigenvalue weighted by molar-refractivity contribution is 0.128. The molecule has 3 nitrogen and oxygen atoms in total. The van der Waals surface area contributed by atoms with Gasteiger partial charge < -0.3 is 10.6 Å². The number of hydrogen-bond donors (Lipinski definition) is 1. The number of thiocarbonyl (C=S) groups is 1. The third kappa shape index (κ3) is 3.43.